The van der Waals surface area contributed by atoms with E-state index in [-0.39, 0.29) is 27.1 Å². The van der Waals surface area contributed by atoms with Gasteiger partial charge >= 0.3 is 0 Å². The Bertz CT molecular complexity index is 3760. The number of para-hydroxylation sites is 2. The standard InChI is InChI=1S/C48H30O/c1-3-13-31(14-4-1)37-21-11-23-43-44-24-12-22-38(48(44)49-47(37)43)35-27-25-34-30-36(28-26-33(34)29-35)46-41-19-9-7-17-39(41)45(32-15-5-2-6-16-32)40-18-8-10-20-42(40)46/h1-30H/i1D,3D,4D,11D,12D,13D,14D,21D,22D,23D,24D,25D,26D,27D,28D,29D,30D. The van der Waals surface area contributed by atoms with E-state index in [9.17, 15) is 8.22 Å². The van der Waals surface area contributed by atoms with Crippen LogP contribution in [0.5, 0.6) is 0 Å². The topological polar surface area (TPSA) is 13.1 Å². The summed E-state index contributed by atoms with van der Waals surface area (Å²) in [5.74, 6) is 0. The van der Waals surface area contributed by atoms with E-state index in [1.165, 1.54) is 0 Å². The van der Waals surface area contributed by atoms with Gasteiger partial charge in [0.1, 0.15) is 11.2 Å². The molecule has 49 heavy (non-hydrogen) atoms. The van der Waals surface area contributed by atoms with E-state index in [2.05, 4.69) is 0 Å². The zero-order chi connectivity index (χ0) is 47.1. The Morgan fingerprint density at radius 1 is 0.347 bits per heavy atom. The van der Waals surface area contributed by atoms with E-state index in [1.54, 1.807) is 0 Å². The number of fused-ring (bicyclic) bond motifs is 6. The Morgan fingerprint density at radius 3 is 1.43 bits per heavy atom. The Morgan fingerprint density at radius 2 is 0.837 bits per heavy atom. The van der Waals surface area contributed by atoms with Crippen molar-refractivity contribution in [1.82, 2.24) is 0 Å². The van der Waals surface area contributed by atoms with Gasteiger partial charge in [-0.1, -0.05) is 169 Å². The Hall–Kier alpha value is -6.44. The first kappa shape index (κ1) is 15.6. The quantitative estimate of drug-likeness (QED) is 0.175. The molecule has 10 aromatic rings. The lowest BCUT2D eigenvalue weighted by Crippen LogP contribution is -1.90. The van der Waals surface area contributed by atoms with Gasteiger partial charge in [-0.15, -0.1) is 0 Å². The lowest BCUT2D eigenvalue weighted by molar-refractivity contribution is 0.671. The van der Waals surface area contributed by atoms with Crippen LogP contribution in [0.3, 0.4) is 0 Å². The van der Waals surface area contributed by atoms with Crippen molar-refractivity contribution in [3.05, 3.63) is 182 Å². The summed E-state index contributed by atoms with van der Waals surface area (Å²) in [6.07, 6.45) is 0. The molecule has 0 saturated heterocycles. The Balaban J connectivity index is 1.32. The van der Waals surface area contributed by atoms with Gasteiger partial charge in [-0.3, -0.25) is 0 Å². The molecule has 9 aromatic carbocycles. The molecule has 0 fully saturated rings. The Labute approximate surface area is 308 Å². The fourth-order valence-electron chi connectivity index (χ4n) is 6.61. The normalized spacial score (nSPS) is 16.5. The first-order chi connectivity index (χ1) is 31.4. The summed E-state index contributed by atoms with van der Waals surface area (Å²) in [6.45, 7) is 0. The molecule has 228 valence electrons. The second kappa shape index (κ2) is 11.1. The van der Waals surface area contributed by atoms with Crippen LogP contribution in [0.4, 0.5) is 0 Å². The summed E-state index contributed by atoms with van der Waals surface area (Å²) in [5, 5.41) is 1.49. The van der Waals surface area contributed by atoms with E-state index in [0.29, 0.717) is 16.3 Å². The summed E-state index contributed by atoms with van der Waals surface area (Å²) < 4.78 is 159. The lowest BCUT2D eigenvalue weighted by Gasteiger charge is -2.18. The van der Waals surface area contributed by atoms with Gasteiger partial charge in [-0.2, -0.15) is 0 Å². The molecule has 0 radical (unpaired) electrons. The number of hydrogen-bond acceptors (Lipinski definition) is 1. The molecule has 1 nitrogen and oxygen atoms in total. The van der Waals surface area contributed by atoms with Crippen LogP contribution in [0, 0.1) is 0 Å². The average molecular weight is 640 g/mol. The van der Waals surface area contributed by atoms with Crippen LogP contribution in [-0.4, -0.2) is 0 Å². The fourth-order valence-corrected chi connectivity index (χ4v) is 6.61. The molecule has 0 N–H and O–H groups in total. The molecule has 1 aromatic heterocycles. The van der Waals surface area contributed by atoms with Crippen LogP contribution < -0.4 is 0 Å². The molecule has 0 spiro atoms. The largest absolute Gasteiger partial charge is 0.455 e. The van der Waals surface area contributed by atoms with Gasteiger partial charge in [0.2, 0.25) is 0 Å². The van der Waals surface area contributed by atoms with Crippen molar-refractivity contribution in [3.8, 4) is 44.5 Å². The summed E-state index contributed by atoms with van der Waals surface area (Å²) >= 11 is 0. The molecule has 0 unspecified atom stereocenters. The van der Waals surface area contributed by atoms with Crippen molar-refractivity contribution in [2.45, 2.75) is 0 Å². The number of furan rings is 1. The summed E-state index contributed by atoms with van der Waals surface area (Å²) in [6, 6.07) is 13.0. The monoisotopic (exact) mass is 639 g/mol. The molecule has 10 rings (SSSR count). The summed E-state index contributed by atoms with van der Waals surface area (Å²) in [4.78, 5) is 0. The van der Waals surface area contributed by atoms with Gasteiger partial charge in [0, 0.05) is 21.9 Å². The van der Waals surface area contributed by atoms with E-state index < -0.39 is 136 Å². The molecule has 1 heteroatoms. The second-order valence-electron chi connectivity index (χ2n) is 11.5. The highest BCUT2D eigenvalue weighted by atomic mass is 16.3. The summed E-state index contributed by atoms with van der Waals surface area (Å²) in [5.41, 5.74) is -0.815. The van der Waals surface area contributed by atoms with Crippen LogP contribution in [-0.2, 0) is 0 Å². The van der Waals surface area contributed by atoms with E-state index >= 15 is 0 Å². The first-order valence-electron chi connectivity index (χ1n) is 24.0. The van der Waals surface area contributed by atoms with Crippen molar-refractivity contribution in [2.75, 3.05) is 0 Å². The van der Waals surface area contributed by atoms with Gasteiger partial charge < -0.3 is 4.42 Å². The number of hydrogen-bond donors (Lipinski definition) is 0. The van der Waals surface area contributed by atoms with Gasteiger partial charge in [-0.05, 0) is 77.8 Å². The van der Waals surface area contributed by atoms with Crippen LogP contribution >= 0.6 is 0 Å². The van der Waals surface area contributed by atoms with Crippen molar-refractivity contribution in [1.29, 1.82) is 0 Å². The smallest absolute Gasteiger partial charge is 0.143 e. The van der Waals surface area contributed by atoms with E-state index in [0.717, 1.165) is 21.9 Å². The van der Waals surface area contributed by atoms with Crippen LogP contribution in [0.25, 0.3) is 98.8 Å². The third-order valence-corrected chi connectivity index (χ3v) is 8.73. The molecule has 0 aliphatic rings. The SMILES string of the molecule is [2H]c1c([2H])c([2H])c(-c2c([2H])c([2H])c([2H])c3c2oc2c(-c4c([2H])c([2H])c5c([2H])c(-c6c7ccccc7c(-c7ccccc7)c7ccccc67)c([2H])c([2H])c5c4[2H])c([2H])c([2H])c([2H])c23)c([2H])c1[2H]. The van der Waals surface area contributed by atoms with Crippen molar-refractivity contribution in [3.63, 3.8) is 0 Å². The molecule has 0 amide bonds. The molecule has 0 bridgehead atoms. The second-order valence-corrected chi connectivity index (χ2v) is 11.5. The fraction of sp³-hybridized carbons (Fsp3) is 0. The minimum atomic E-state index is -0.780. The Kier molecular flexibility index (Phi) is 3.54. The van der Waals surface area contributed by atoms with Crippen LogP contribution in [0.2, 0.25) is 0 Å². The van der Waals surface area contributed by atoms with Crippen molar-refractivity contribution in [2.24, 2.45) is 0 Å². The van der Waals surface area contributed by atoms with Crippen molar-refractivity contribution < 1.29 is 27.7 Å². The number of rotatable bonds is 4. The van der Waals surface area contributed by atoms with Crippen LogP contribution in [0.1, 0.15) is 23.3 Å². The van der Waals surface area contributed by atoms with Gasteiger partial charge in [0.25, 0.3) is 0 Å². The molecule has 0 atom stereocenters. The minimum absolute atomic E-state index is 0.00651. The maximum Gasteiger partial charge on any atom is 0.143 e. The average Bonchev–Trinajstić information content (AvgIpc) is 3.71. The molecule has 0 aliphatic heterocycles. The van der Waals surface area contributed by atoms with Crippen molar-refractivity contribution >= 4 is 54.3 Å². The minimum Gasteiger partial charge on any atom is -0.455 e. The third-order valence-electron chi connectivity index (χ3n) is 8.73. The molecular weight excluding hydrogens is 593 g/mol. The number of benzene rings is 9. The molecular formula is C48H30O. The zero-order valence-electron chi connectivity index (χ0n) is 42.4. The summed E-state index contributed by atoms with van der Waals surface area (Å²) in [7, 11) is 0. The zero-order valence-corrected chi connectivity index (χ0v) is 25.4. The maximum absolute atomic E-state index is 9.72. The van der Waals surface area contributed by atoms with E-state index in [1.807, 2.05) is 78.9 Å². The van der Waals surface area contributed by atoms with E-state index in [4.69, 9.17) is 19.5 Å². The van der Waals surface area contributed by atoms with Gasteiger partial charge in [0.15, 0.2) is 0 Å². The molecule has 1 heterocycles. The third kappa shape index (κ3) is 4.40. The van der Waals surface area contributed by atoms with Crippen LogP contribution in [0.15, 0.2) is 186 Å². The van der Waals surface area contributed by atoms with Gasteiger partial charge in [0.05, 0.1) is 23.3 Å². The predicted octanol–water partition coefficient (Wildman–Crippen LogP) is 13.7. The molecule has 0 saturated carbocycles. The first-order valence-corrected chi connectivity index (χ1v) is 15.5. The van der Waals surface area contributed by atoms with Gasteiger partial charge in [-0.25, -0.2) is 0 Å². The highest BCUT2D eigenvalue weighted by Gasteiger charge is 2.18. The highest BCUT2D eigenvalue weighted by molar-refractivity contribution is 6.22. The highest BCUT2D eigenvalue weighted by Crippen LogP contribution is 2.45. The molecule has 0 aliphatic carbocycles. The maximum atomic E-state index is 9.72. The predicted molar refractivity (Wildman–Crippen MR) is 208 cm³/mol. The lowest BCUT2D eigenvalue weighted by atomic mass is 9.85.